The van der Waals surface area contributed by atoms with Gasteiger partial charge in [0.1, 0.15) is 5.75 Å². The van der Waals surface area contributed by atoms with E-state index in [0.717, 1.165) is 17.2 Å². The lowest BCUT2D eigenvalue weighted by Crippen LogP contribution is -2.36. The summed E-state index contributed by atoms with van der Waals surface area (Å²) in [6.45, 7) is 0. The lowest BCUT2D eigenvalue weighted by atomic mass is 9.67. The highest BCUT2D eigenvalue weighted by molar-refractivity contribution is 5.91. The van der Waals surface area contributed by atoms with E-state index in [-0.39, 0.29) is 6.04 Å². The van der Waals surface area contributed by atoms with Crippen LogP contribution >= 0.6 is 0 Å². The number of aromatic hydroxyl groups is 1. The van der Waals surface area contributed by atoms with Gasteiger partial charge in [0.15, 0.2) is 0 Å². The minimum atomic E-state index is 0.260. The highest BCUT2D eigenvalue weighted by Gasteiger charge is 2.54. The number of rotatable bonds is 2. The van der Waals surface area contributed by atoms with Crippen LogP contribution in [0.3, 0.4) is 0 Å². The maximum Gasteiger partial charge on any atom is 0.115 e. The van der Waals surface area contributed by atoms with Gasteiger partial charge >= 0.3 is 0 Å². The lowest BCUT2D eigenvalue weighted by Gasteiger charge is -2.44. The zero-order chi connectivity index (χ0) is 17.1. The zero-order valence-corrected chi connectivity index (χ0v) is 14.1. The molecule has 5 atom stereocenters. The number of phenols is 1. The van der Waals surface area contributed by atoms with E-state index in [4.69, 9.17) is 11.1 Å². The van der Waals surface area contributed by atoms with Crippen LogP contribution in [0, 0.1) is 23.2 Å². The molecule has 2 aromatic rings. The zero-order valence-electron chi connectivity index (χ0n) is 14.1. The van der Waals surface area contributed by atoms with Crippen LogP contribution in [0.5, 0.6) is 5.75 Å². The second-order valence-corrected chi connectivity index (χ2v) is 7.82. The van der Waals surface area contributed by atoms with Gasteiger partial charge in [-0.15, -0.1) is 0 Å². The van der Waals surface area contributed by atoms with E-state index in [1.807, 2.05) is 18.2 Å². The number of nitrogen functional groups attached to an aromatic ring is 1. The van der Waals surface area contributed by atoms with Crippen LogP contribution in [-0.4, -0.2) is 11.3 Å². The smallest absolute Gasteiger partial charge is 0.115 e. The molecule has 2 fully saturated rings. The van der Waals surface area contributed by atoms with Crippen molar-refractivity contribution in [3.05, 3.63) is 53.1 Å². The topological polar surface area (TPSA) is 82.1 Å². The number of fused-ring (bicyclic) bond motifs is 7. The highest BCUT2D eigenvalue weighted by Crippen LogP contribution is 2.64. The number of benzene rings is 2. The molecule has 1 aliphatic heterocycles. The Labute approximate surface area is 147 Å². The average Bonchev–Trinajstić information content (AvgIpc) is 3.24. The van der Waals surface area contributed by atoms with E-state index in [1.165, 1.54) is 36.6 Å². The largest absolute Gasteiger partial charge is 0.508 e. The molecule has 3 aliphatic rings. The van der Waals surface area contributed by atoms with Crippen molar-refractivity contribution >= 4 is 17.6 Å². The summed E-state index contributed by atoms with van der Waals surface area (Å²) < 4.78 is 0. The molecule has 0 aromatic heterocycles. The lowest BCUT2D eigenvalue weighted by molar-refractivity contribution is 0.247. The van der Waals surface area contributed by atoms with E-state index in [9.17, 15) is 5.11 Å². The van der Waals surface area contributed by atoms with Crippen molar-refractivity contribution in [2.45, 2.75) is 31.2 Å². The standard InChI is InChI=1S/C21H23N3O/c22-10-15-16(23)7-8-17-20(15)18-12-1-2-13(9-12)19(18)21(24-17)11-3-5-14(25)6-4-11/h3-8,10,12-13,18-19,21-22,24-25H,1-2,9,23H2/t12?,13?,18-,19+,21-/m0/s1. The minimum Gasteiger partial charge on any atom is -0.508 e. The molecule has 2 unspecified atom stereocenters. The molecule has 25 heavy (non-hydrogen) atoms. The summed E-state index contributed by atoms with van der Waals surface area (Å²) in [4.78, 5) is 0. The van der Waals surface area contributed by atoms with Gasteiger partial charge in [-0.1, -0.05) is 12.1 Å². The van der Waals surface area contributed by atoms with E-state index in [1.54, 1.807) is 12.1 Å². The van der Waals surface area contributed by atoms with Gasteiger partial charge < -0.3 is 21.6 Å². The van der Waals surface area contributed by atoms with E-state index in [0.29, 0.717) is 29.2 Å². The quantitative estimate of drug-likeness (QED) is 0.489. The molecule has 2 saturated carbocycles. The Hall–Kier alpha value is -2.49. The Morgan fingerprint density at radius 3 is 2.60 bits per heavy atom. The van der Waals surface area contributed by atoms with Gasteiger partial charge in [-0.2, -0.15) is 0 Å². The maximum absolute atomic E-state index is 9.65. The van der Waals surface area contributed by atoms with Gasteiger partial charge in [0.25, 0.3) is 0 Å². The van der Waals surface area contributed by atoms with Crippen LogP contribution in [0.25, 0.3) is 0 Å². The average molecular weight is 333 g/mol. The normalized spacial score (nSPS) is 31.9. The second kappa shape index (κ2) is 5.25. The van der Waals surface area contributed by atoms with Crippen LogP contribution in [-0.2, 0) is 0 Å². The summed E-state index contributed by atoms with van der Waals surface area (Å²) in [5.74, 6) is 2.76. The van der Waals surface area contributed by atoms with E-state index >= 15 is 0 Å². The fourth-order valence-corrected chi connectivity index (χ4v) is 5.79. The van der Waals surface area contributed by atoms with Crippen molar-refractivity contribution in [3.8, 4) is 5.75 Å². The molecule has 0 radical (unpaired) electrons. The Kier molecular flexibility index (Phi) is 3.11. The van der Waals surface area contributed by atoms with Crippen molar-refractivity contribution in [2.75, 3.05) is 11.1 Å². The molecule has 1 heterocycles. The molecule has 2 aliphatic carbocycles. The van der Waals surface area contributed by atoms with Crippen LogP contribution in [0.4, 0.5) is 11.4 Å². The van der Waals surface area contributed by atoms with Crippen molar-refractivity contribution in [2.24, 2.45) is 17.8 Å². The molecule has 4 nitrogen and oxygen atoms in total. The molecule has 4 heteroatoms. The molecule has 128 valence electrons. The number of nitrogens with two attached hydrogens (primary N) is 1. The molecular weight excluding hydrogens is 310 g/mol. The van der Waals surface area contributed by atoms with Gasteiger partial charge in [0, 0.05) is 23.2 Å². The third-order valence-electron chi connectivity index (χ3n) is 6.73. The van der Waals surface area contributed by atoms with Gasteiger partial charge in [0.2, 0.25) is 0 Å². The third-order valence-corrected chi connectivity index (χ3v) is 6.73. The van der Waals surface area contributed by atoms with Gasteiger partial charge in [-0.25, -0.2) is 0 Å². The molecule has 0 amide bonds. The summed E-state index contributed by atoms with van der Waals surface area (Å²) >= 11 is 0. The number of hydrogen-bond donors (Lipinski definition) is 4. The number of phenolic OH excluding ortho intramolecular Hbond substituents is 1. The SMILES string of the molecule is N=Cc1c(N)ccc2c1[C@H]1C3CCC(C3)[C@H]1[C@H](c1ccc(O)cc1)N2. The number of hydrogen-bond acceptors (Lipinski definition) is 4. The van der Waals surface area contributed by atoms with Crippen LogP contribution in [0.2, 0.25) is 0 Å². The Balaban J connectivity index is 1.68. The first kappa shape index (κ1) is 14.8. The van der Waals surface area contributed by atoms with Crippen LogP contribution in [0.15, 0.2) is 36.4 Å². The van der Waals surface area contributed by atoms with E-state index < -0.39 is 0 Å². The monoisotopic (exact) mass is 333 g/mol. The predicted octanol–water partition coefficient (Wildman–Crippen LogP) is 4.27. The summed E-state index contributed by atoms with van der Waals surface area (Å²) in [6, 6.07) is 11.9. The Morgan fingerprint density at radius 1 is 1.08 bits per heavy atom. The van der Waals surface area contributed by atoms with Crippen molar-refractivity contribution in [1.29, 1.82) is 5.41 Å². The summed E-state index contributed by atoms with van der Waals surface area (Å²) in [6.07, 6.45) is 5.32. The first-order valence-corrected chi connectivity index (χ1v) is 9.15. The number of anilines is 2. The Morgan fingerprint density at radius 2 is 1.84 bits per heavy atom. The number of nitrogens with one attached hydrogen (secondary N) is 2. The fraction of sp³-hybridized carbons (Fsp3) is 0.381. The van der Waals surface area contributed by atoms with Crippen molar-refractivity contribution < 1.29 is 5.11 Å². The molecule has 2 bridgehead atoms. The van der Waals surface area contributed by atoms with Crippen LogP contribution in [0.1, 0.15) is 47.9 Å². The molecule has 5 rings (SSSR count). The predicted molar refractivity (Wildman–Crippen MR) is 100 cm³/mol. The fourth-order valence-electron chi connectivity index (χ4n) is 5.79. The van der Waals surface area contributed by atoms with Crippen molar-refractivity contribution in [3.63, 3.8) is 0 Å². The Bertz CT molecular complexity index is 845. The van der Waals surface area contributed by atoms with E-state index in [2.05, 4.69) is 11.4 Å². The third kappa shape index (κ3) is 2.03. The summed E-state index contributed by atoms with van der Waals surface area (Å²) in [5.41, 5.74) is 11.4. The van der Waals surface area contributed by atoms with Crippen molar-refractivity contribution in [1.82, 2.24) is 0 Å². The molecule has 5 N–H and O–H groups in total. The molecule has 0 spiro atoms. The van der Waals surface area contributed by atoms with Gasteiger partial charge in [-0.05, 0) is 78.3 Å². The summed E-state index contributed by atoms with van der Waals surface area (Å²) in [7, 11) is 0. The molecule has 0 saturated heterocycles. The van der Waals surface area contributed by atoms with Gasteiger partial charge in [-0.3, -0.25) is 0 Å². The summed E-state index contributed by atoms with van der Waals surface area (Å²) in [5, 5.41) is 21.3. The van der Waals surface area contributed by atoms with Crippen LogP contribution < -0.4 is 11.1 Å². The first-order chi connectivity index (χ1) is 12.2. The maximum atomic E-state index is 9.65. The molecule has 2 aromatic carbocycles. The van der Waals surface area contributed by atoms with Gasteiger partial charge in [0.05, 0.1) is 6.04 Å². The highest BCUT2D eigenvalue weighted by atomic mass is 16.3. The second-order valence-electron chi connectivity index (χ2n) is 7.82. The molecular formula is C21H23N3O. The minimum absolute atomic E-state index is 0.260. The first-order valence-electron chi connectivity index (χ1n) is 9.15.